The van der Waals surface area contributed by atoms with Gasteiger partial charge in [-0.3, -0.25) is 9.59 Å². The normalized spacial score (nSPS) is 52.7. The predicted octanol–water partition coefficient (Wildman–Crippen LogP) is 1.31. The molecule has 4 saturated carbocycles. The van der Waals surface area contributed by atoms with Crippen molar-refractivity contribution < 1.29 is 39.1 Å². The molecule has 6 fully saturated rings. The van der Waals surface area contributed by atoms with Gasteiger partial charge in [-0.1, -0.05) is 26.8 Å². The van der Waals surface area contributed by atoms with E-state index in [-0.39, 0.29) is 17.9 Å². The van der Waals surface area contributed by atoms with Gasteiger partial charge in [0.15, 0.2) is 6.10 Å². The van der Waals surface area contributed by atoms with E-state index in [9.17, 15) is 24.9 Å². The monoisotopic (exact) mass is 450 g/mol. The third-order valence-electron chi connectivity index (χ3n) is 9.55. The van der Waals surface area contributed by atoms with E-state index in [1.165, 1.54) is 13.8 Å². The van der Waals surface area contributed by atoms with Crippen molar-refractivity contribution in [3.63, 3.8) is 0 Å². The number of rotatable bonds is 2. The van der Waals surface area contributed by atoms with Crippen molar-refractivity contribution in [1.29, 1.82) is 0 Å². The Morgan fingerprint density at radius 2 is 1.75 bits per heavy atom. The summed E-state index contributed by atoms with van der Waals surface area (Å²) >= 11 is 0. The van der Waals surface area contributed by atoms with Gasteiger partial charge in [0, 0.05) is 37.0 Å². The van der Waals surface area contributed by atoms with Crippen LogP contribution in [-0.2, 0) is 23.8 Å². The Morgan fingerprint density at radius 1 is 1.09 bits per heavy atom. The summed E-state index contributed by atoms with van der Waals surface area (Å²) < 4.78 is 17.8. The molecule has 2 saturated heterocycles. The average Bonchev–Trinajstić information content (AvgIpc) is 2.78. The lowest BCUT2D eigenvalue weighted by Gasteiger charge is -2.75. The minimum atomic E-state index is -2.15. The number of aliphatic hydroxyl groups excluding tert-OH is 2. The SMILES string of the molecule is C=C1[C@@H](O)[C@@]23[C@H](O)[C@H]1C[C@H](OC(C)=O)[C@H]2[C@@]12CCCC(C)(C)[C@H]1[C@H](OC(C)=O)[C@@]3(O)OC2. The van der Waals surface area contributed by atoms with Crippen LogP contribution >= 0.6 is 0 Å². The quantitative estimate of drug-likeness (QED) is 0.425. The van der Waals surface area contributed by atoms with Crippen LogP contribution in [0.1, 0.15) is 53.4 Å². The molecule has 8 nitrogen and oxygen atoms in total. The first-order chi connectivity index (χ1) is 14.8. The third-order valence-corrected chi connectivity index (χ3v) is 9.55. The number of hydrogen-bond acceptors (Lipinski definition) is 8. The van der Waals surface area contributed by atoms with Gasteiger partial charge in [0.2, 0.25) is 5.79 Å². The molecule has 2 spiro atoms. The Morgan fingerprint density at radius 3 is 2.38 bits per heavy atom. The fraction of sp³-hybridized carbons (Fsp3) is 0.833. The molecule has 0 aromatic heterocycles. The van der Waals surface area contributed by atoms with Gasteiger partial charge in [-0.15, -0.1) is 0 Å². The number of ether oxygens (including phenoxy) is 3. The molecule has 2 aliphatic heterocycles. The van der Waals surface area contributed by atoms with Crippen LogP contribution in [0.15, 0.2) is 12.2 Å². The number of hydrogen-bond donors (Lipinski definition) is 3. The van der Waals surface area contributed by atoms with Gasteiger partial charge in [-0.2, -0.15) is 0 Å². The first kappa shape index (κ1) is 22.3. The predicted molar refractivity (Wildman–Crippen MR) is 111 cm³/mol. The Kier molecular flexibility index (Phi) is 4.57. The van der Waals surface area contributed by atoms with Gasteiger partial charge >= 0.3 is 11.9 Å². The molecule has 0 aromatic rings. The summed E-state index contributed by atoms with van der Waals surface area (Å²) in [6, 6.07) is 0. The molecule has 0 radical (unpaired) electrons. The smallest absolute Gasteiger partial charge is 0.303 e. The summed E-state index contributed by atoms with van der Waals surface area (Å²) in [5.74, 6) is -4.61. The maximum Gasteiger partial charge on any atom is 0.303 e. The van der Waals surface area contributed by atoms with Crippen molar-refractivity contribution in [3.05, 3.63) is 12.2 Å². The van der Waals surface area contributed by atoms with E-state index in [2.05, 4.69) is 20.4 Å². The van der Waals surface area contributed by atoms with Gasteiger partial charge in [0.05, 0.1) is 24.2 Å². The number of carbonyl (C=O) groups is 2. The molecule has 6 rings (SSSR count). The van der Waals surface area contributed by atoms with Crippen LogP contribution in [0.25, 0.3) is 0 Å². The van der Waals surface area contributed by atoms with E-state index in [0.29, 0.717) is 18.4 Å². The summed E-state index contributed by atoms with van der Waals surface area (Å²) in [4.78, 5) is 24.3. The van der Waals surface area contributed by atoms with E-state index in [0.717, 1.165) is 12.8 Å². The molecule has 32 heavy (non-hydrogen) atoms. The zero-order chi connectivity index (χ0) is 23.4. The maximum atomic E-state index is 12.3. The van der Waals surface area contributed by atoms with Crippen molar-refractivity contribution in [2.24, 2.45) is 34.0 Å². The lowest BCUT2D eigenvalue weighted by Crippen LogP contribution is -2.86. The average molecular weight is 451 g/mol. The zero-order valence-electron chi connectivity index (χ0n) is 19.2. The molecular formula is C24H34O8. The van der Waals surface area contributed by atoms with Crippen LogP contribution in [0, 0.1) is 34.0 Å². The molecule has 4 bridgehead atoms. The molecule has 6 aliphatic rings. The largest absolute Gasteiger partial charge is 0.462 e. The second kappa shape index (κ2) is 6.56. The summed E-state index contributed by atoms with van der Waals surface area (Å²) in [7, 11) is 0. The number of carbonyl (C=O) groups excluding carboxylic acids is 2. The first-order valence-corrected chi connectivity index (χ1v) is 11.6. The van der Waals surface area contributed by atoms with Crippen LogP contribution in [0.4, 0.5) is 0 Å². The van der Waals surface area contributed by atoms with E-state index >= 15 is 0 Å². The number of fused-ring (bicyclic) bond motifs is 2. The van der Waals surface area contributed by atoms with Crippen molar-refractivity contribution in [2.75, 3.05) is 6.61 Å². The molecular weight excluding hydrogens is 416 g/mol. The molecule has 4 aliphatic carbocycles. The Labute approximate surface area is 187 Å². The van der Waals surface area contributed by atoms with Crippen LogP contribution < -0.4 is 0 Å². The fourth-order valence-electron chi connectivity index (χ4n) is 8.87. The lowest BCUT2D eigenvalue weighted by molar-refractivity contribution is -0.474. The van der Waals surface area contributed by atoms with Gasteiger partial charge in [-0.25, -0.2) is 0 Å². The number of esters is 2. The molecule has 0 amide bonds. The fourth-order valence-corrected chi connectivity index (χ4v) is 8.87. The minimum absolute atomic E-state index is 0.177. The molecule has 178 valence electrons. The summed E-state index contributed by atoms with van der Waals surface area (Å²) in [5, 5.41) is 35.4. The second-order valence-electron chi connectivity index (χ2n) is 11.4. The molecule has 0 unspecified atom stereocenters. The molecule has 2 heterocycles. The third kappa shape index (κ3) is 2.32. The standard InChI is InChI=1S/C24H34O8/c1-11-14-9-15(31-12(2)25)16-22-8-6-7-21(4,5)17(22)20(32-13(3)26)24(29,30-10-22)23(16,18(11)27)19(14)28/h14-20,27-29H,1,6-10H2,2-5H3/t14-,15-,16-,17+,18+,19+,20-,22-,23+,24+/m0/s1. The maximum absolute atomic E-state index is 12.3. The van der Waals surface area contributed by atoms with Crippen molar-refractivity contribution in [1.82, 2.24) is 0 Å². The Balaban J connectivity index is 1.81. The first-order valence-electron chi connectivity index (χ1n) is 11.6. The molecule has 3 N–H and O–H groups in total. The lowest BCUT2D eigenvalue weighted by atomic mass is 9.35. The van der Waals surface area contributed by atoms with Crippen LogP contribution in [0.5, 0.6) is 0 Å². The molecule has 10 atom stereocenters. The minimum Gasteiger partial charge on any atom is -0.462 e. The molecule has 8 heteroatoms. The van der Waals surface area contributed by atoms with Gasteiger partial charge < -0.3 is 29.5 Å². The van der Waals surface area contributed by atoms with Crippen molar-refractivity contribution >= 4 is 11.9 Å². The van der Waals surface area contributed by atoms with E-state index in [4.69, 9.17) is 14.2 Å². The topological polar surface area (TPSA) is 123 Å². The zero-order valence-corrected chi connectivity index (χ0v) is 19.2. The van der Waals surface area contributed by atoms with Gasteiger partial charge in [-0.05, 0) is 30.3 Å². The van der Waals surface area contributed by atoms with E-state index in [1.807, 2.05) is 0 Å². The highest BCUT2D eigenvalue weighted by molar-refractivity contribution is 5.67. The Hall–Kier alpha value is -1.48. The van der Waals surface area contributed by atoms with E-state index < -0.39 is 64.8 Å². The highest BCUT2D eigenvalue weighted by Gasteiger charge is 2.88. The van der Waals surface area contributed by atoms with Crippen molar-refractivity contribution in [2.45, 2.75) is 83.6 Å². The van der Waals surface area contributed by atoms with E-state index in [1.54, 1.807) is 0 Å². The van der Waals surface area contributed by atoms with Crippen LogP contribution in [0.2, 0.25) is 0 Å². The summed E-state index contributed by atoms with van der Waals surface area (Å²) in [6.45, 7) is 11.0. The number of aliphatic hydroxyl groups is 3. The highest BCUT2D eigenvalue weighted by atomic mass is 16.7. The van der Waals surface area contributed by atoms with Gasteiger partial charge in [0.25, 0.3) is 0 Å². The summed E-state index contributed by atoms with van der Waals surface area (Å²) in [6.07, 6.45) is -1.42. The van der Waals surface area contributed by atoms with Gasteiger partial charge in [0.1, 0.15) is 6.10 Å². The summed E-state index contributed by atoms with van der Waals surface area (Å²) in [5.41, 5.74) is -2.20. The van der Waals surface area contributed by atoms with Crippen LogP contribution in [0.3, 0.4) is 0 Å². The van der Waals surface area contributed by atoms with Crippen molar-refractivity contribution in [3.8, 4) is 0 Å². The second-order valence-corrected chi connectivity index (χ2v) is 11.4. The van der Waals surface area contributed by atoms with Crippen LogP contribution in [-0.4, -0.2) is 64.1 Å². The molecule has 0 aromatic carbocycles. The Bertz CT molecular complexity index is 883. The highest BCUT2D eigenvalue weighted by Crippen LogP contribution is 2.78.